The van der Waals surface area contributed by atoms with Crippen molar-refractivity contribution < 1.29 is 0 Å². The summed E-state index contributed by atoms with van der Waals surface area (Å²) in [6.07, 6.45) is 1.20. The fourth-order valence-corrected chi connectivity index (χ4v) is 2.20. The molecule has 0 fully saturated rings. The Bertz CT molecular complexity index is 344. The number of nitrogens with zero attached hydrogens (tertiary/aromatic N) is 1. The first-order valence-electron chi connectivity index (χ1n) is 5.85. The summed E-state index contributed by atoms with van der Waals surface area (Å²) in [5.74, 6) is 0. The lowest BCUT2D eigenvalue weighted by Gasteiger charge is -2.18. The standard InChI is InChI=1S/C13H20N2/c1-4-15-8-7-11-5-6-12(9-13(11)15)14-10(2)3/h5-6,9-10,14H,4,7-8H2,1-3H3. The normalized spacial score (nSPS) is 14.5. The number of hydrogen-bond donors (Lipinski definition) is 1. The zero-order chi connectivity index (χ0) is 10.8. The molecule has 0 saturated heterocycles. The fraction of sp³-hybridized carbons (Fsp3) is 0.538. The number of rotatable bonds is 3. The third kappa shape index (κ3) is 2.09. The number of hydrogen-bond acceptors (Lipinski definition) is 2. The summed E-state index contributed by atoms with van der Waals surface area (Å²) in [5, 5.41) is 3.45. The molecule has 82 valence electrons. The van der Waals surface area contributed by atoms with Crippen LogP contribution in [0.3, 0.4) is 0 Å². The highest BCUT2D eigenvalue weighted by atomic mass is 15.1. The van der Waals surface area contributed by atoms with Crippen molar-refractivity contribution in [1.82, 2.24) is 0 Å². The van der Waals surface area contributed by atoms with Gasteiger partial charge in [0.1, 0.15) is 0 Å². The SMILES string of the molecule is CCN1CCc2ccc(NC(C)C)cc21. The van der Waals surface area contributed by atoms with Gasteiger partial charge in [0, 0.05) is 30.5 Å². The Morgan fingerprint density at radius 2 is 2.20 bits per heavy atom. The van der Waals surface area contributed by atoms with Crippen molar-refractivity contribution >= 4 is 11.4 Å². The zero-order valence-electron chi connectivity index (χ0n) is 9.88. The predicted octanol–water partition coefficient (Wildman–Crippen LogP) is 2.89. The van der Waals surface area contributed by atoms with Gasteiger partial charge in [-0.15, -0.1) is 0 Å². The number of likely N-dealkylation sites (N-methyl/N-ethyl adjacent to an activating group) is 1. The fourth-order valence-electron chi connectivity index (χ4n) is 2.20. The van der Waals surface area contributed by atoms with Gasteiger partial charge in [-0.2, -0.15) is 0 Å². The maximum atomic E-state index is 3.45. The van der Waals surface area contributed by atoms with Crippen molar-refractivity contribution in [3.8, 4) is 0 Å². The molecule has 1 heterocycles. The summed E-state index contributed by atoms with van der Waals surface area (Å²) in [5.41, 5.74) is 4.15. The molecule has 0 amide bonds. The lowest BCUT2D eigenvalue weighted by atomic mass is 10.1. The van der Waals surface area contributed by atoms with Gasteiger partial charge < -0.3 is 10.2 Å². The molecule has 0 spiro atoms. The summed E-state index contributed by atoms with van der Waals surface area (Å²) in [4.78, 5) is 2.45. The van der Waals surface area contributed by atoms with Gasteiger partial charge in [-0.1, -0.05) is 6.07 Å². The van der Waals surface area contributed by atoms with E-state index in [0.29, 0.717) is 6.04 Å². The molecule has 15 heavy (non-hydrogen) atoms. The summed E-state index contributed by atoms with van der Waals surface area (Å²) < 4.78 is 0. The molecule has 2 nitrogen and oxygen atoms in total. The van der Waals surface area contributed by atoms with E-state index < -0.39 is 0 Å². The third-order valence-corrected chi connectivity index (χ3v) is 2.91. The molecule has 0 bridgehead atoms. The second-order valence-corrected chi connectivity index (χ2v) is 4.47. The zero-order valence-corrected chi connectivity index (χ0v) is 9.88. The Kier molecular flexibility index (Phi) is 2.85. The highest BCUT2D eigenvalue weighted by Crippen LogP contribution is 2.30. The molecule has 0 radical (unpaired) electrons. The van der Waals surface area contributed by atoms with Crippen LogP contribution < -0.4 is 10.2 Å². The molecular formula is C13H20N2. The molecule has 0 atom stereocenters. The molecule has 2 heteroatoms. The molecule has 0 saturated carbocycles. The van der Waals surface area contributed by atoms with Crippen molar-refractivity contribution in [2.45, 2.75) is 33.2 Å². The second-order valence-electron chi connectivity index (χ2n) is 4.47. The van der Waals surface area contributed by atoms with Crippen molar-refractivity contribution in [1.29, 1.82) is 0 Å². The van der Waals surface area contributed by atoms with E-state index in [1.807, 2.05) is 0 Å². The Labute approximate surface area is 92.3 Å². The molecule has 1 aliphatic rings. The molecule has 1 aliphatic heterocycles. The number of nitrogens with one attached hydrogen (secondary N) is 1. The van der Waals surface area contributed by atoms with Crippen molar-refractivity contribution in [3.63, 3.8) is 0 Å². The van der Waals surface area contributed by atoms with Gasteiger partial charge in [-0.25, -0.2) is 0 Å². The molecular weight excluding hydrogens is 184 g/mol. The Morgan fingerprint density at radius 1 is 1.40 bits per heavy atom. The lowest BCUT2D eigenvalue weighted by Crippen LogP contribution is -2.19. The van der Waals surface area contributed by atoms with Crippen LogP contribution in [-0.4, -0.2) is 19.1 Å². The van der Waals surface area contributed by atoms with Gasteiger partial charge >= 0.3 is 0 Å². The molecule has 1 N–H and O–H groups in total. The maximum Gasteiger partial charge on any atom is 0.0420 e. The average molecular weight is 204 g/mol. The minimum absolute atomic E-state index is 0.500. The second kappa shape index (κ2) is 4.13. The van der Waals surface area contributed by atoms with E-state index in [4.69, 9.17) is 0 Å². The highest BCUT2D eigenvalue weighted by Gasteiger charge is 2.17. The van der Waals surface area contributed by atoms with Gasteiger partial charge in [0.15, 0.2) is 0 Å². The number of benzene rings is 1. The van der Waals surface area contributed by atoms with Crippen LogP contribution in [0.4, 0.5) is 11.4 Å². The van der Waals surface area contributed by atoms with Gasteiger partial charge in [0.25, 0.3) is 0 Å². The van der Waals surface area contributed by atoms with E-state index in [-0.39, 0.29) is 0 Å². The topological polar surface area (TPSA) is 15.3 Å². The predicted molar refractivity (Wildman–Crippen MR) is 66.8 cm³/mol. The Balaban J connectivity index is 2.24. The maximum absolute atomic E-state index is 3.45. The van der Waals surface area contributed by atoms with Crippen LogP contribution in [-0.2, 0) is 6.42 Å². The monoisotopic (exact) mass is 204 g/mol. The van der Waals surface area contributed by atoms with Crippen molar-refractivity contribution in [2.75, 3.05) is 23.3 Å². The van der Waals surface area contributed by atoms with Gasteiger partial charge in [-0.3, -0.25) is 0 Å². The third-order valence-electron chi connectivity index (χ3n) is 2.91. The van der Waals surface area contributed by atoms with Gasteiger partial charge in [0.05, 0.1) is 0 Å². The molecule has 1 aromatic rings. The summed E-state index contributed by atoms with van der Waals surface area (Å²) in [7, 11) is 0. The Morgan fingerprint density at radius 3 is 2.87 bits per heavy atom. The summed E-state index contributed by atoms with van der Waals surface area (Å²) >= 11 is 0. The quantitative estimate of drug-likeness (QED) is 0.814. The first-order chi connectivity index (χ1) is 7.20. The van der Waals surface area contributed by atoms with E-state index in [2.05, 4.69) is 49.2 Å². The molecule has 1 aromatic carbocycles. The smallest absolute Gasteiger partial charge is 0.0420 e. The van der Waals surface area contributed by atoms with E-state index >= 15 is 0 Å². The highest BCUT2D eigenvalue weighted by molar-refractivity contribution is 5.65. The minimum Gasteiger partial charge on any atom is -0.383 e. The van der Waals surface area contributed by atoms with Crippen LogP contribution in [0.25, 0.3) is 0 Å². The van der Waals surface area contributed by atoms with Gasteiger partial charge in [-0.05, 0) is 44.9 Å². The average Bonchev–Trinajstić information content (AvgIpc) is 2.59. The lowest BCUT2D eigenvalue weighted by molar-refractivity contribution is 0.867. The van der Waals surface area contributed by atoms with Crippen molar-refractivity contribution in [2.24, 2.45) is 0 Å². The van der Waals surface area contributed by atoms with Crippen LogP contribution in [0.1, 0.15) is 26.3 Å². The van der Waals surface area contributed by atoms with E-state index in [9.17, 15) is 0 Å². The molecule has 0 unspecified atom stereocenters. The minimum atomic E-state index is 0.500. The van der Waals surface area contributed by atoms with Crippen LogP contribution in [0.2, 0.25) is 0 Å². The van der Waals surface area contributed by atoms with Crippen LogP contribution in [0.5, 0.6) is 0 Å². The van der Waals surface area contributed by atoms with Crippen LogP contribution in [0, 0.1) is 0 Å². The number of anilines is 2. The van der Waals surface area contributed by atoms with Crippen LogP contribution >= 0.6 is 0 Å². The van der Waals surface area contributed by atoms with E-state index in [1.54, 1.807) is 0 Å². The first-order valence-corrected chi connectivity index (χ1v) is 5.85. The molecule has 0 aromatic heterocycles. The van der Waals surface area contributed by atoms with Crippen LogP contribution in [0.15, 0.2) is 18.2 Å². The van der Waals surface area contributed by atoms with Gasteiger partial charge in [0.2, 0.25) is 0 Å². The molecule has 2 rings (SSSR count). The molecule has 0 aliphatic carbocycles. The van der Waals surface area contributed by atoms with E-state index in [0.717, 1.165) is 6.54 Å². The first kappa shape index (κ1) is 10.3. The summed E-state index contributed by atoms with van der Waals surface area (Å²) in [6.45, 7) is 8.85. The Hall–Kier alpha value is -1.18. The largest absolute Gasteiger partial charge is 0.383 e. The van der Waals surface area contributed by atoms with E-state index in [1.165, 1.54) is 29.9 Å². The van der Waals surface area contributed by atoms with Crippen molar-refractivity contribution in [3.05, 3.63) is 23.8 Å². The summed E-state index contributed by atoms with van der Waals surface area (Å²) in [6, 6.07) is 7.24. The number of fused-ring (bicyclic) bond motifs is 1.